The number of carbonyl (C=O) groups excluding carboxylic acids is 1. The molecular formula is C18H27NO4. The molecule has 0 radical (unpaired) electrons. The molecule has 23 heavy (non-hydrogen) atoms. The second-order valence-electron chi connectivity index (χ2n) is 6.83. The average molecular weight is 321 g/mol. The molecule has 1 heterocycles. The second kappa shape index (κ2) is 6.89. The van der Waals surface area contributed by atoms with Gasteiger partial charge in [-0.15, -0.1) is 0 Å². The van der Waals surface area contributed by atoms with Crippen molar-refractivity contribution in [1.29, 1.82) is 0 Å². The first-order valence-electron chi connectivity index (χ1n) is 8.18. The Kier molecular flexibility index (Phi) is 5.32. The summed E-state index contributed by atoms with van der Waals surface area (Å²) in [5.41, 5.74) is -0.731. The highest BCUT2D eigenvalue weighted by Gasteiger charge is 2.44. The number of benzene rings is 1. The Hall–Kier alpha value is -1.59. The van der Waals surface area contributed by atoms with Crippen LogP contribution < -0.4 is 0 Å². The van der Waals surface area contributed by atoms with Crippen LogP contribution in [0.2, 0.25) is 0 Å². The minimum absolute atomic E-state index is 0.0654. The van der Waals surface area contributed by atoms with Gasteiger partial charge in [-0.3, -0.25) is 0 Å². The van der Waals surface area contributed by atoms with Crippen LogP contribution in [0.5, 0.6) is 0 Å². The van der Waals surface area contributed by atoms with Gasteiger partial charge in [-0.2, -0.15) is 0 Å². The van der Waals surface area contributed by atoms with Crippen LogP contribution in [0.25, 0.3) is 0 Å². The number of amides is 1. The molecule has 1 fully saturated rings. The molecule has 1 aromatic carbocycles. The first-order chi connectivity index (χ1) is 10.8. The first-order valence-corrected chi connectivity index (χ1v) is 8.18. The fourth-order valence-electron chi connectivity index (χ4n) is 3.03. The van der Waals surface area contributed by atoms with Crippen LogP contribution in [-0.4, -0.2) is 46.0 Å². The van der Waals surface area contributed by atoms with Gasteiger partial charge in [-0.05, 0) is 39.2 Å². The van der Waals surface area contributed by atoms with E-state index in [0.29, 0.717) is 25.8 Å². The Balaban J connectivity index is 2.23. The lowest BCUT2D eigenvalue weighted by molar-refractivity contribution is -0.0907. The minimum atomic E-state index is -0.989. The third kappa shape index (κ3) is 3.85. The molecule has 2 atom stereocenters. The number of rotatable bonds is 6. The van der Waals surface area contributed by atoms with Gasteiger partial charge in [-0.25, -0.2) is 4.79 Å². The molecule has 1 saturated heterocycles. The number of hydrogen-bond donors (Lipinski definition) is 2. The van der Waals surface area contributed by atoms with Gasteiger partial charge >= 0.3 is 6.09 Å². The number of nitrogens with zero attached hydrogens (tertiary/aromatic N) is 1. The zero-order chi connectivity index (χ0) is 17.1. The van der Waals surface area contributed by atoms with Gasteiger partial charge in [0.15, 0.2) is 0 Å². The molecule has 1 amide bonds. The molecule has 2 rings (SSSR count). The van der Waals surface area contributed by atoms with E-state index in [-0.39, 0.29) is 12.6 Å². The molecular weight excluding hydrogens is 294 g/mol. The topological polar surface area (TPSA) is 70.0 Å². The zero-order valence-electron chi connectivity index (χ0n) is 14.2. The largest absolute Gasteiger partial charge is 0.438 e. The second-order valence-corrected chi connectivity index (χ2v) is 6.83. The highest BCUT2D eigenvalue weighted by atomic mass is 16.6. The molecule has 1 aromatic rings. The van der Waals surface area contributed by atoms with Crippen LogP contribution in [0.3, 0.4) is 0 Å². The monoisotopic (exact) mass is 321 g/mol. The maximum absolute atomic E-state index is 12.6. The van der Waals surface area contributed by atoms with Gasteiger partial charge in [0.05, 0.1) is 11.6 Å². The molecule has 0 spiro atoms. The smallest absolute Gasteiger partial charge is 0.411 e. The molecule has 5 nitrogen and oxygen atoms in total. The Labute approximate surface area is 137 Å². The Bertz CT molecular complexity index is 526. The zero-order valence-corrected chi connectivity index (χ0v) is 14.2. The number of ether oxygens (including phenoxy) is 1. The van der Waals surface area contributed by atoms with Crippen molar-refractivity contribution in [3.05, 3.63) is 35.9 Å². The van der Waals surface area contributed by atoms with Crippen LogP contribution >= 0.6 is 0 Å². The van der Waals surface area contributed by atoms with Crippen molar-refractivity contribution in [3.63, 3.8) is 0 Å². The number of aliphatic hydroxyl groups is 2. The third-order valence-corrected chi connectivity index (χ3v) is 4.80. The molecule has 0 bridgehead atoms. The standard InChI is InChI=1S/C18H27NO4/c1-14(17(2,3)22)19-12-11-18(10-7-13-20,23-16(19)21)15-8-5-4-6-9-15/h4-6,8-9,14,20,22H,7,10-13H2,1-3H3. The third-order valence-electron chi connectivity index (χ3n) is 4.80. The average Bonchev–Trinajstić information content (AvgIpc) is 2.52. The minimum Gasteiger partial charge on any atom is -0.438 e. The normalized spacial score (nSPS) is 23.5. The van der Waals surface area contributed by atoms with E-state index in [9.17, 15) is 15.0 Å². The SMILES string of the molecule is CC(N1CCC(CCCO)(c2ccccc2)OC1=O)C(C)(C)O. The Morgan fingerprint density at radius 2 is 2.00 bits per heavy atom. The van der Waals surface area contributed by atoms with Crippen molar-refractivity contribution in [2.45, 2.75) is 57.3 Å². The maximum Gasteiger partial charge on any atom is 0.411 e. The lowest BCUT2D eigenvalue weighted by Gasteiger charge is -2.45. The maximum atomic E-state index is 12.6. The Morgan fingerprint density at radius 1 is 1.35 bits per heavy atom. The van der Waals surface area contributed by atoms with Crippen LogP contribution in [0.15, 0.2) is 30.3 Å². The molecule has 128 valence electrons. The summed E-state index contributed by atoms with van der Waals surface area (Å²) >= 11 is 0. The number of aliphatic hydroxyl groups excluding tert-OH is 1. The highest BCUT2D eigenvalue weighted by Crippen LogP contribution is 2.39. The number of hydrogen-bond acceptors (Lipinski definition) is 4. The van der Waals surface area contributed by atoms with E-state index in [4.69, 9.17) is 4.74 Å². The summed E-state index contributed by atoms with van der Waals surface area (Å²) < 4.78 is 5.86. The summed E-state index contributed by atoms with van der Waals surface area (Å²) in [6, 6.07) is 9.36. The van der Waals surface area contributed by atoms with E-state index >= 15 is 0 Å². The van der Waals surface area contributed by atoms with E-state index in [1.807, 2.05) is 37.3 Å². The van der Waals surface area contributed by atoms with Crippen molar-refractivity contribution in [1.82, 2.24) is 4.90 Å². The number of carbonyl (C=O) groups is 1. The molecule has 0 aromatic heterocycles. The van der Waals surface area contributed by atoms with E-state index in [0.717, 1.165) is 5.56 Å². The summed E-state index contributed by atoms with van der Waals surface area (Å²) in [5, 5.41) is 19.3. The fraction of sp³-hybridized carbons (Fsp3) is 0.611. The first kappa shape index (κ1) is 17.8. The van der Waals surface area contributed by atoms with Crippen LogP contribution in [0.1, 0.15) is 45.6 Å². The van der Waals surface area contributed by atoms with E-state index in [2.05, 4.69) is 0 Å². The van der Waals surface area contributed by atoms with Gasteiger partial charge in [0.1, 0.15) is 5.60 Å². The highest BCUT2D eigenvalue weighted by molar-refractivity contribution is 5.70. The summed E-state index contributed by atoms with van der Waals surface area (Å²) in [5.74, 6) is 0. The van der Waals surface area contributed by atoms with Crippen molar-refractivity contribution < 1.29 is 19.7 Å². The molecule has 0 aliphatic carbocycles. The van der Waals surface area contributed by atoms with E-state index < -0.39 is 17.3 Å². The quantitative estimate of drug-likeness (QED) is 0.845. The van der Waals surface area contributed by atoms with Gasteiger partial charge in [0, 0.05) is 19.6 Å². The lowest BCUT2D eigenvalue weighted by Crippen LogP contribution is -2.56. The predicted octanol–water partition coefficient (Wildman–Crippen LogP) is 2.66. The summed E-state index contributed by atoms with van der Waals surface area (Å²) in [4.78, 5) is 14.1. The van der Waals surface area contributed by atoms with Crippen molar-refractivity contribution >= 4 is 6.09 Å². The van der Waals surface area contributed by atoms with Crippen LogP contribution in [0, 0.1) is 0 Å². The van der Waals surface area contributed by atoms with Crippen molar-refractivity contribution in [2.75, 3.05) is 13.2 Å². The molecule has 0 saturated carbocycles. The van der Waals surface area contributed by atoms with Gasteiger partial charge in [0.25, 0.3) is 0 Å². The molecule has 2 N–H and O–H groups in total. The van der Waals surface area contributed by atoms with Crippen LogP contribution in [0.4, 0.5) is 4.79 Å². The van der Waals surface area contributed by atoms with Crippen molar-refractivity contribution in [3.8, 4) is 0 Å². The predicted molar refractivity (Wildman–Crippen MR) is 88.0 cm³/mol. The van der Waals surface area contributed by atoms with E-state index in [1.165, 1.54) is 0 Å². The Morgan fingerprint density at radius 3 is 2.52 bits per heavy atom. The van der Waals surface area contributed by atoms with Gasteiger partial charge in [-0.1, -0.05) is 30.3 Å². The summed E-state index contributed by atoms with van der Waals surface area (Å²) in [6.07, 6.45) is 1.39. The van der Waals surface area contributed by atoms with Crippen LogP contribution in [-0.2, 0) is 10.3 Å². The molecule has 1 aliphatic rings. The molecule has 5 heteroatoms. The molecule has 1 aliphatic heterocycles. The summed E-state index contributed by atoms with van der Waals surface area (Å²) in [6.45, 7) is 5.79. The van der Waals surface area contributed by atoms with Gasteiger partial charge in [0.2, 0.25) is 0 Å². The van der Waals surface area contributed by atoms with E-state index in [1.54, 1.807) is 18.7 Å². The van der Waals surface area contributed by atoms with Crippen molar-refractivity contribution in [2.24, 2.45) is 0 Å². The molecule has 2 unspecified atom stereocenters. The number of cyclic esters (lactones) is 1. The fourth-order valence-corrected chi connectivity index (χ4v) is 3.03. The van der Waals surface area contributed by atoms with Gasteiger partial charge < -0.3 is 19.8 Å². The summed E-state index contributed by atoms with van der Waals surface area (Å²) in [7, 11) is 0. The lowest BCUT2D eigenvalue weighted by atomic mass is 9.84.